The molecule has 0 amide bonds. The zero-order valence-electron chi connectivity index (χ0n) is 53.5. The highest BCUT2D eigenvalue weighted by Crippen LogP contribution is 2.28. The molecule has 6 aromatic heterocycles. The molecule has 0 aliphatic carbocycles. The number of carbonyl (C=O) groups excluding carboxylic acids is 1. The standard InChI is InChI=1S/C9H8O2.2C8H7NO2.4C8H6O2S.2C4H10.C3H6.C2H6.CH4.H2/c1-6-3-2-4-8-7(6)5-9(10)11-8;1-5-2-3-7-6(4-5)9-8(10)11-7;1-5-2-3-6-7(4-5)11-8(10)9-6;1-5-2-3-7-6(4-5)10-8(9)11-7;1-5-2-3-6-7(4-5)11-8(9)10-6;1-5-3-2-4-6-7(5)10-8(9)11-6;1-5-3-2-4-6-7(5)11-8(9)10-6;1-4(2)3;1-3-4-2;1-3-2;1-2;;/h2-4H,5H2,1H3;2*2-4H,1H3,(H,9,10);4*2-4H,1H3;4H,1-3H3;3-4H2,1-2H3;3H,1H2,2H3;1-2H3;1H4;1H. The van der Waals surface area contributed by atoms with Crippen LogP contribution < -0.4 is 36.0 Å². The molecule has 7 heterocycles. The van der Waals surface area contributed by atoms with Gasteiger partial charge in [-0.3, -0.25) is 14.8 Å². The monoisotopic (exact) mass is 1320 g/mol. The van der Waals surface area contributed by atoms with Crippen LogP contribution in [0, 0.1) is 54.4 Å². The summed E-state index contributed by atoms with van der Waals surface area (Å²) < 4.78 is 38.0. The molecule has 486 valence electrons. The smallest absolute Gasteiger partial charge is 0.417 e. The van der Waals surface area contributed by atoms with Crippen LogP contribution in [0.2, 0.25) is 0 Å². The molecule has 20 heteroatoms. The lowest BCUT2D eigenvalue weighted by molar-refractivity contribution is -0.131. The van der Waals surface area contributed by atoms with E-state index in [0.717, 1.165) is 137 Å². The number of unbranched alkanes of at least 4 members (excludes halogenated alkanes) is 1. The first-order valence-corrected chi connectivity index (χ1v) is 32.2. The molecule has 0 spiro atoms. The van der Waals surface area contributed by atoms with Crippen molar-refractivity contribution in [2.24, 2.45) is 5.92 Å². The van der Waals surface area contributed by atoms with Crippen molar-refractivity contribution in [2.45, 2.75) is 131 Å². The third kappa shape index (κ3) is 25.1. The van der Waals surface area contributed by atoms with Gasteiger partial charge in [0.05, 0.1) is 36.3 Å². The molecule has 7 aromatic carbocycles. The van der Waals surface area contributed by atoms with E-state index < -0.39 is 11.5 Å². The first-order chi connectivity index (χ1) is 42.9. The Morgan fingerprint density at radius 1 is 0.484 bits per heavy atom. The largest absolute Gasteiger partial charge is 0.426 e. The van der Waals surface area contributed by atoms with Crippen LogP contribution in [0.5, 0.6) is 5.75 Å². The zero-order chi connectivity index (χ0) is 66.6. The van der Waals surface area contributed by atoms with Crippen LogP contribution in [0.4, 0.5) is 0 Å². The number of esters is 1. The topological polar surface area (TPSA) is 239 Å². The summed E-state index contributed by atoms with van der Waals surface area (Å²) in [6.07, 6.45) is 4.82. The lowest BCUT2D eigenvalue weighted by Crippen LogP contribution is -2.00. The summed E-state index contributed by atoms with van der Waals surface area (Å²) in [5, 5.41) is 0. The number of hydrogen-bond donors (Lipinski definition) is 2. The maximum atomic E-state index is 10.8. The van der Waals surface area contributed by atoms with Crippen molar-refractivity contribution in [1.29, 1.82) is 0 Å². The second kappa shape index (κ2) is 38.6. The molecule has 0 radical (unpaired) electrons. The number of benzene rings is 7. The van der Waals surface area contributed by atoms with Crippen molar-refractivity contribution < 1.29 is 37.5 Å². The van der Waals surface area contributed by atoms with Crippen LogP contribution in [0.1, 0.15) is 122 Å². The normalized spacial score (nSPS) is 10.4. The Bertz CT molecular complexity index is 4310. The van der Waals surface area contributed by atoms with E-state index >= 15 is 0 Å². The Kier molecular flexibility index (Phi) is 32.3. The summed E-state index contributed by atoms with van der Waals surface area (Å²) in [7, 11) is 0. The fourth-order valence-electron chi connectivity index (χ4n) is 7.44. The molecule has 0 saturated carbocycles. The highest BCUT2D eigenvalue weighted by atomic mass is 32.1. The Morgan fingerprint density at radius 3 is 1.56 bits per heavy atom. The Morgan fingerprint density at radius 2 is 0.945 bits per heavy atom. The van der Waals surface area contributed by atoms with Crippen molar-refractivity contribution in [1.82, 2.24) is 9.97 Å². The number of ether oxygens (including phenoxy) is 1. The fourth-order valence-corrected chi connectivity index (χ4v) is 10.3. The van der Waals surface area contributed by atoms with E-state index in [9.17, 15) is 33.6 Å². The molecular weight excluding hydrogens is 1230 g/mol. The Labute approximate surface area is 545 Å². The second-order valence-electron chi connectivity index (χ2n) is 20.4. The van der Waals surface area contributed by atoms with E-state index in [0.29, 0.717) is 34.3 Å². The summed E-state index contributed by atoms with van der Waals surface area (Å²) in [5.41, 5.74) is 14.3. The van der Waals surface area contributed by atoms with E-state index in [4.69, 9.17) is 31.2 Å². The molecule has 0 bridgehead atoms. The number of aryl methyl sites for hydroxylation is 7. The quantitative estimate of drug-likeness (QED) is 0.0883. The molecule has 2 N–H and O–H groups in total. The third-order valence-corrected chi connectivity index (χ3v) is 15.0. The predicted octanol–water partition coefficient (Wildman–Crippen LogP) is 19.5. The van der Waals surface area contributed by atoms with Crippen molar-refractivity contribution in [3.63, 3.8) is 0 Å². The van der Waals surface area contributed by atoms with Gasteiger partial charge >= 0.3 is 37.2 Å². The van der Waals surface area contributed by atoms with Gasteiger partial charge in [-0.25, -0.2) is 28.8 Å². The van der Waals surface area contributed by atoms with Gasteiger partial charge < -0.3 is 31.2 Å². The summed E-state index contributed by atoms with van der Waals surface area (Å²) in [4.78, 5) is 79.5. The number of aromatic amines is 2. The number of carbonyl (C=O) groups is 1. The maximum absolute atomic E-state index is 10.8. The van der Waals surface area contributed by atoms with E-state index in [1.54, 1.807) is 18.2 Å². The number of aromatic nitrogens is 2. The number of hydrogen-bond acceptors (Lipinski definition) is 18. The second-order valence-corrected chi connectivity index (χ2v) is 24.3. The lowest BCUT2D eigenvalue weighted by Gasteiger charge is -1.97. The van der Waals surface area contributed by atoms with Crippen molar-refractivity contribution in [3.8, 4) is 5.75 Å². The van der Waals surface area contributed by atoms with Gasteiger partial charge in [-0.1, -0.05) is 181 Å². The SMILES string of the molecule is C.C=CC.CC.CC(C)C.CCCC.Cc1ccc2[nH]c(=O)oc2c1.Cc1ccc2oc(=O)[nH]c2c1.Cc1ccc2oc(=O)sc2c1.Cc1ccc2sc(=O)oc2c1.Cc1cccc2c1CC(=O)O2.Cc1cccc2oc(=O)sc12.Cc1cccc2sc(=O)oc12.[HH]. The number of H-pyrrole nitrogens is 2. The molecule has 13 aromatic rings. The fraction of sp³-hybridized carbons (Fsp3) is 0.282. The average Bonchev–Trinajstić information content (AvgIpc) is 2.10. The summed E-state index contributed by atoms with van der Waals surface area (Å²) in [6.45, 7) is 33.9. The average molecular weight is 1320 g/mol. The lowest BCUT2D eigenvalue weighted by atomic mass is 10.1. The van der Waals surface area contributed by atoms with Crippen LogP contribution >= 0.6 is 45.3 Å². The van der Waals surface area contributed by atoms with Gasteiger partial charge in [-0.15, -0.1) is 6.58 Å². The number of oxazole rings is 2. The highest BCUT2D eigenvalue weighted by Gasteiger charge is 2.21. The molecule has 0 saturated heterocycles. The summed E-state index contributed by atoms with van der Waals surface area (Å²) >= 11 is 4.58. The van der Waals surface area contributed by atoms with E-state index in [-0.39, 0.29) is 34.6 Å². The first-order valence-electron chi connectivity index (χ1n) is 28.9. The number of nitrogens with one attached hydrogen (secondary N) is 2. The minimum atomic E-state index is -0.398. The molecule has 0 atom stereocenters. The summed E-state index contributed by atoms with van der Waals surface area (Å²) in [5.74, 6) is 0.625. The highest BCUT2D eigenvalue weighted by molar-refractivity contribution is 7.17. The van der Waals surface area contributed by atoms with Crippen LogP contribution in [-0.4, -0.2) is 15.9 Å². The zero-order valence-corrected chi connectivity index (χ0v) is 56.7. The van der Waals surface area contributed by atoms with Gasteiger partial charge in [0.15, 0.2) is 16.7 Å². The van der Waals surface area contributed by atoms with Crippen LogP contribution in [0.15, 0.2) is 195 Å². The molecule has 1 aliphatic heterocycles. The molecule has 0 unspecified atom stereocenters. The van der Waals surface area contributed by atoms with E-state index in [1.807, 2.05) is 184 Å². The van der Waals surface area contributed by atoms with Gasteiger partial charge in [-0.05, 0) is 167 Å². The van der Waals surface area contributed by atoms with Crippen molar-refractivity contribution in [3.05, 3.63) is 245 Å². The number of para-hydroxylation sites is 1. The van der Waals surface area contributed by atoms with E-state index in [2.05, 4.69) is 51.2 Å². The van der Waals surface area contributed by atoms with Gasteiger partial charge in [0.1, 0.15) is 22.5 Å². The Hall–Kier alpha value is -8.95. The Balaban J connectivity index is 0.000000353. The van der Waals surface area contributed by atoms with E-state index in [1.165, 1.54) is 12.8 Å². The molecule has 16 nitrogen and oxygen atoms in total. The first kappa shape index (κ1) is 76.3. The molecular formula is C71H84N2O14S4. The van der Waals surface area contributed by atoms with Crippen LogP contribution in [-0.2, 0) is 11.2 Å². The summed E-state index contributed by atoms with van der Waals surface area (Å²) in [6, 6.07) is 39.7. The van der Waals surface area contributed by atoms with Crippen molar-refractivity contribution >= 4 is 115 Å². The third-order valence-electron chi connectivity index (χ3n) is 11.6. The maximum Gasteiger partial charge on any atom is 0.417 e. The molecule has 14 rings (SSSR count). The molecule has 91 heavy (non-hydrogen) atoms. The van der Waals surface area contributed by atoms with Gasteiger partial charge in [0.25, 0.3) is 0 Å². The number of rotatable bonds is 1. The molecule has 0 fully saturated rings. The number of allylic oxidation sites excluding steroid dienone is 1. The van der Waals surface area contributed by atoms with Gasteiger partial charge in [-0.2, -0.15) is 0 Å². The van der Waals surface area contributed by atoms with Gasteiger partial charge in [0.2, 0.25) is 0 Å². The number of fused-ring (bicyclic) bond motifs is 7. The minimum absolute atomic E-state index is 0. The van der Waals surface area contributed by atoms with Crippen LogP contribution in [0.25, 0.3) is 63.3 Å². The molecule has 1 aliphatic rings. The predicted molar refractivity (Wildman–Crippen MR) is 381 cm³/mol. The minimum Gasteiger partial charge on any atom is -0.426 e. The van der Waals surface area contributed by atoms with Crippen molar-refractivity contribution in [2.75, 3.05) is 0 Å². The van der Waals surface area contributed by atoms with Gasteiger partial charge in [0, 0.05) is 6.99 Å². The van der Waals surface area contributed by atoms with Crippen LogP contribution in [0.3, 0.4) is 0 Å².